The molecule has 2 aliphatic rings. The molecule has 3 rings (SSSR count). The number of amides is 2. The van der Waals surface area contributed by atoms with Gasteiger partial charge in [0.15, 0.2) is 0 Å². The summed E-state index contributed by atoms with van der Waals surface area (Å²) in [5.74, 6) is 0.918. The fourth-order valence-electron chi connectivity index (χ4n) is 3.70. The molecule has 1 aromatic heterocycles. The molecule has 2 fully saturated rings. The number of carbonyl (C=O) groups is 2. The van der Waals surface area contributed by atoms with Gasteiger partial charge in [-0.05, 0) is 27.9 Å². The van der Waals surface area contributed by atoms with Crippen LogP contribution >= 0.6 is 0 Å². The van der Waals surface area contributed by atoms with Gasteiger partial charge in [-0.3, -0.25) is 14.6 Å². The van der Waals surface area contributed by atoms with Crippen LogP contribution in [0.2, 0.25) is 0 Å². The molecular formula is C19H30N6O2. The Morgan fingerprint density at radius 2 is 1.93 bits per heavy atom. The van der Waals surface area contributed by atoms with E-state index in [-0.39, 0.29) is 17.7 Å². The minimum atomic E-state index is -0.202. The number of piperazine rings is 1. The van der Waals surface area contributed by atoms with E-state index in [0.717, 1.165) is 36.8 Å². The number of likely N-dealkylation sites (tertiary alicyclic amines) is 1. The molecule has 8 heteroatoms. The first-order valence-corrected chi connectivity index (χ1v) is 9.61. The van der Waals surface area contributed by atoms with Crippen molar-refractivity contribution >= 4 is 17.6 Å². The molecule has 0 N–H and O–H groups in total. The number of aromatic nitrogens is 2. The maximum Gasteiger partial charge on any atom is 0.228 e. The fourth-order valence-corrected chi connectivity index (χ4v) is 3.70. The van der Waals surface area contributed by atoms with Crippen LogP contribution in [0.25, 0.3) is 0 Å². The summed E-state index contributed by atoms with van der Waals surface area (Å²) in [5, 5.41) is 0. The van der Waals surface area contributed by atoms with Gasteiger partial charge < -0.3 is 19.6 Å². The summed E-state index contributed by atoms with van der Waals surface area (Å²) in [4.78, 5) is 42.1. The van der Waals surface area contributed by atoms with E-state index >= 15 is 0 Å². The molecule has 0 bridgehead atoms. The Kier molecular flexibility index (Phi) is 5.94. The molecule has 2 amide bonds. The Morgan fingerprint density at radius 1 is 1.22 bits per heavy atom. The van der Waals surface area contributed by atoms with Crippen molar-refractivity contribution in [3.63, 3.8) is 0 Å². The molecular weight excluding hydrogens is 344 g/mol. The van der Waals surface area contributed by atoms with Gasteiger partial charge in [0.05, 0.1) is 17.3 Å². The van der Waals surface area contributed by atoms with E-state index in [1.54, 1.807) is 6.20 Å². The Bertz CT molecular complexity index is 699. The number of hydrogen-bond acceptors (Lipinski definition) is 6. The van der Waals surface area contributed by atoms with Gasteiger partial charge in [-0.1, -0.05) is 0 Å². The van der Waals surface area contributed by atoms with Gasteiger partial charge in [0.2, 0.25) is 11.8 Å². The number of hydrogen-bond donors (Lipinski definition) is 0. The van der Waals surface area contributed by atoms with Crippen LogP contribution in [0.1, 0.15) is 17.8 Å². The molecule has 1 atom stereocenters. The number of aryl methyl sites for hydroxylation is 2. The van der Waals surface area contributed by atoms with E-state index in [0.29, 0.717) is 32.6 Å². The highest BCUT2D eigenvalue weighted by Crippen LogP contribution is 2.22. The predicted octanol–water partition coefficient (Wildman–Crippen LogP) is 0.152. The van der Waals surface area contributed by atoms with E-state index < -0.39 is 0 Å². The second-order valence-corrected chi connectivity index (χ2v) is 7.78. The minimum absolute atomic E-state index is 0.0968. The lowest BCUT2D eigenvalue weighted by atomic mass is 10.1. The molecule has 0 spiro atoms. The molecule has 0 saturated carbocycles. The van der Waals surface area contributed by atoms with Gasteiger partial charge in [-0.2, -0.15) is 0 Å². The van der Waals surface area contributed by atoms with Crippen LogP contribution in [0.5, 0.6) is 0 Å². The van der Waals surface area contributed by atoms with Crippen molar-refractivity contribution in [2.75, 3.05) is 64.8 Å². The lowest BCUT2D eigenvalue weighted by Crippen LogP contribution is -2.51. The van der Waals surface area contributed by atoms with E-state index in [4.69, 9.17) is 0 Å². The smallest absolute Gasteiger partial charge is 0.228 e. The number of carbonyl (C=O) groups excluding carboxylic acids is 2. The highest BCUT2D eigenvalue weighted by Gasteiger charge is 2.37. The largest absolute Gasteiger partial charge is 0.352 e. The van der Waals surface area contributed by atoms with E-state index in [2.05, 4.69) is 19.8 Å². The maximum atomic E-state index is 12.9. The van der Waals surface area contributed by atoms with E-state index in [1.807, 2.05) is 37.7 Å². The summed E-state index contributed by atoms with van der Waals surface area (Å²) in [5.41, 5.74) is 1.81. The molecule has 0 radical (unpaired) electrons. The Morgan fingerprint density at radius 3 is 2.59 bits per heavy atom. The Hall–Kier alpha value is -2.22. The normalized spacial score (nSPS) is 20.7. The molecule has 0 aliphatic carbocycles. The minimum Gasteiger partial charge on any atom is -0.352 e. The zero-order valence-electron chi connectivity index (χ0n) is 16.8. The third-order valence-corrected chi connectivity index (χ3v) is 5.32. The average Bonchev–Trinajstić information content (AvgIpc) is 3.02. The number of rotatable bonds is 5. The summed E-state index contributed by atoms with van der Waals surface area (Å²) in [6.07, 6.45) is 2.12. The van der Waals surface area contributed by atoms with Crippen LogP contribution in [0.3, 0.4) is 0 Å². The third kappa shape index (κ3) is 4.55. The molecule has 1 unspecified atom stereocenters. The fraction of sp³-hybridized carbons (Fsp3) is 0.684. The molecule has 1 aromatic rings. The molecule has 8 nitrogen and oxygen atoms in total. The van der Waals surface area contributed by atoms with Gasteiger partial charge in [0, 0.05) is 58.4 Å². The van der Waals surface area contributed by atoms with Crippen LogP contribution in [0.4, 0.5) is 5.82 Å². The van der Waals surface area contributed by atoms with Crippen LogP contribution in [0, 0.1) is 19.8 Å². The summed E-state index contributed by atoms with van der Waals surface area (Å²) in [7, 11) is 3.98. The third-order valence-electron chi connectivity index (χ3n) is 5.32. The second-order valence-electron chi connectivity index (χ2n) is 7.78. The first-order valence-electron chi connectivity index (χ1n) is 9.61. The van der Waals surface area contributed by atoms with Crippen molar-refractivity contribution in [2.45, 2.75) is 20.3 Å². The first-order chi connectivity index (χ1) is 12.8. The number of nitrogens with zero attached hydrogens (tertiary/aromatic N) is 6. The molecule has 2 aliphatic heterocycles. The van der Waals surface area contributed by atoms with Crippen molar-refractivity contribution < 1.29 is 9.59 Å². The van der Waals surface area contributed by atoms with Crippen molar-refractivity contribution in [3.8, 4) is 0 Å². The zero-order chi connectivity index (χ0) is 19.6. The number of anilines is 1. The van der Waals surface area contributed by atoms with Crippen molar-refractivity contribution in [1.29, 1.82) is 0 Å². The molecule has 2 saturated heterocycles. The molecule has 27 heavy (non-hydrogen) atoms. The SMILES string of the molecule is Cc1cnc(C)c(N2CCN(C(=O)C3CC(=O)N(CCN(C)C)C3)CC2)n1. The molecule has 0 aromatic carbocycles. The van der Waals surface area contributed by atoms with Crippen LogP contribution in [-0.4, -0.2) is 96.4 Å². The summed E-state index contributed by atoms with van der Waals surface area (Å²) >= 11 is 0. The predicted molar refractivity (Wildman–Crippen MR) is 104 cm³/mol. The second kappa shape index (κ2) is 8.21. The highest BCUT2D eigenvalue weighted by molar-refractivity contribution is 5.89. The standard InChI is InChI=1S/C19H30N6O2/c1-14-12-20-15(2)18(21-14)23-7-9-24(10-8-23)19(27)16-11-17(26)25(13-16)6-5-22(3)4/h12,16H,5-11,13H2,1-4H3. The van der Waals surface area contributed by atoms with Crippen LogP contribution in [0.15, 0.2) is 6.20 Å². The highest BCUT2D eigenvalue weighted by atomic mass is 16.2. The zero-order valence-corrected chi connectivity index (χ0v) is 16.8. The van der Waals surface area contributed by atoms with Gasteiger partial charge in [-0.15, -0.1) is 0 Å². The quantitative estimate of drug-likeness (QED) is 0.731. The molecule has 3 heterocycles. The van der Waals surface area contributed by atoms with Gasteiger partial charge in [0.25, 0.3) is 0 Å². The average molecular weight is 374 g/mol. The van der Waals surface area contributed by atoms with Gasteiger partial charge >= 0.3 is 0 Å². The Balaban J connectivity index is 1.54. The van der Waals surface area contributed by atoms with E-state index in [9.17, 15) is 9.59 Å². The Labute approximate surface area is 161 Å². The lowest BCUT2D eigenvalue weighted by Gasteiger charge is -2.36. The van der Waals surface area contributed by atoms with Crippen molar-refractivity contribution in [1.82, 2.24) is 24.7 Å². The van der Waals surface area contributed by atoms with Crippen molar-refractivity contribution in [2.24, 2.45) is 5.92 Å². The maximum absolute atomic E-state index is 12.9. The van der Waals surface area contributed by atoms with Gasteiger partial charge in [-0.25, -0.2) is 4.98 Å². The topological polar surface area (TPSA) is 72.9 Å². The molecule has 148 valence electrons. The first kappa shape index (κ1) is 19.5. The van der Waals surface area contributed by atoms with Crippen LogP contribution in [-0.2, 0) is 9.59 Å². The summed E-state index contributed by atoms with van der Waals surface area (Å²) in [6.45, 7) is 8.78. The van der Waals surface area contributed by atoms with Gasteiger partial charge in [0.1, 0.15) is 5.82 Å². The lowest BCUT2D eigenvalue weighted by molar-refractivity contribution is -0.136. The van der Waals surface area contributed by atoms with Crippen LogP contribution < -0.4 is 4.90 Å². The summed E-state index contributed by atoms with van der Waals surface area (Å²) in [6, 6.07) is 0. The summed E-state index contributed by atoms with van der Waals surface area (Å²) < 4.78 is 0. The monoisotopic (exact) mass is 374 g/mol. The van der Waals surface area contributed by atoms with E-state index in [1.165, 1.54) is 0 Å². The number of likely N-dealkylation sites (N-methyl/N-ethyl adjacent to an activating group) is 1. The van der Waals surface area contributed by atoms with Crippen molar-refractivity contribution in [3.05, 3.63) is 17.6 Å².